The summed E-state index contributed by atoms with van der Waals surface area (Å²) in [6.45, 7) is 0. The molecule has 6 N–H and O–H groups in total. The molecule has 0 aliphatic heterocycles. The average molecular weight is 465 g/mol. The standard InChI is InChI=1S/C23H28N8O3/c1-34-18-10-13(6-9-26-18)17-11-16(19-20(24)27-12-28-31(17)19)21(32)29-14-2-4-15(5-3-14)30-22(33)23(25)7-8-23/h6,9-12,14-15H,2-5,7-8,25H2,1H3,(H,29,32)(H,30,33)(H2,24,27,28). The van der Waals surface area contributed by atoms with E-state index in [9.17, 15) is 9.59 Å². The number of fused-ring (bicyclic) bond motifs is 1. The minimum atomic E-state index is -0.667. The van der Waals surface area contributed by atoms with Crippen LogP contribution in [0.5, 0.6) is 5.88 Å². The lowest BCUT2D eigenvalue weighted by atomic mass is 9.90. The Hall–Kier alpha value is -3.73. The van der Waals surface area contributed by atoms with Gasteiger partial charge in [0.15, 0.2) is 5.82 Å². The van der Waals surface area contributed by atoms with Crippen molar-refractivity contribution >= 4 is 23.1 Å². The van der Waals surface area contributed by atoms with Crippen molar-refractivity contribution in [2.75, 3.05) is 12.8 Å². The second-order valence-corrected chi connectivity index (χ2v) is 9.09. The summed E-state index contributed by atoms with van der Waals surface area (Å²) in [5, 5.41) is 10.5. The number of anilines is 1. The Labute approximate surface area is 196 Å². The van der Waals surface area contributed by atoms with Crippen LogP contribution < -0.4 is 26.8 Å². The van der Waals surface area contributed by atoms with Crippen molar-refractivity contribution in [3.63, 3.8) is 0 Å². The normalized spacial score (nSPS) is 21.1. The fourth-order valence-corrected chi connectivity index (χ4v) is 4.46. The zero-order valence-corrected chi connectivity index (χ0v) is 19.0. The van der Waals surface area contributed by atoms with Crippen LogP contribution in [0.15, 0.2) is 30.7 Å². The Morgan fingerprint density at radius 3 is 2.50 bits per heavy atom. The van der Waals surface area contributed by atoms with Gasteiger partial charge in [-0.1, -0.05) is 0 Å². The number of nitrogen functional groups attached to an aromatic ring is 1. The molecule has 0 spiro atoms. The number of nitrogens with one attached hydrogen (secondary N) is 2. The van der Waals surface area contributed by atoms with Crippen LogP contribution >= 0.6 is 0 Å². The first-order chi connectivity index (χ1) is 16.4. The summed E-state index contributed by atoms with van der Waals surface area (Å²) in [5.41, 5.74) is 13.8. The van der Waals surface area contributed by atoms with E-state index in [-0.39, 0.29) is 29.7 Å². The highest BCUT2D eigenvalue weighted by molar-refractivity contribution is 6.05. The molecule has 178 valence electrons. The van der Waals surface area contributed by atoms with Crippen molar-refractivity contribution in [1.82, 2.24) is 30.2 Å². The Kier molecular flexibility index (Phi) is 5.56. The Bertz CT molecular complexity index is 1240. The van der Waals surface area contributed by atoms with Gasteiger partial charge in [-0.05, 0) is 50.7 Å². The third kappa shape index (κ3) is 4.14. The fourth-order valence-electron chi connectivity index (χ4n) is 4.46. The summed E-state index contributed by atoms with van der Waals surface area (Å²) in [4.78, 5) is 33.7. The quantitative estimate of drug-likeness (QED) is 0.420. The molecule has 0 atom stereocenters. The van der Waals surface area contributed by atoms with Gasteiger partial charge in [0.05, 0.1) is 23.9 Å². The molecule has 11 heteroatoms. The molecule has 2 amide bonds. The number of carbonyl (C=O) groups excluding carboxylic acids is 2. The van der Waals surface area contributed by atoms with Crippen LogP contribution in [0.2, 0.25) is 0 Å². The molecule has 2 saturated carbocycles. The molecule has 0 aromatic carbocycles. The number of rotatable bonds is 6. The van der Waals surface area contributed by atoms with Gasteiger partial charge in [-0.15, -0.1) is 0 Å². The maximum absolute atomic E-state index is 13.3. The topological polar surface area (TPSA) is 163 Å². The molecule has 11 nitrogen and oxygen atoms in total. The summed E-state index contributed by atoms with van der Waals surface area (Å²) >= 11 is 0. The number of hydrogen-bond acceptors (Lipinski definition) is 8. The van der Waals surface area contributed by atoms with E-state index in [1.54, 1.807) is 30.0 Å². The van der Waals surface area contributed by atoms with Gasteiger partial charge in [0.1, 0.15) is 11.8 Å². The maximum atomic E-state index is 13.3. The van der Waals surface area contributed by atoms with E-state index in [2.05, 4.69) is 25.7 Å². The second kappa shape index (κ2) is 8.56. The van der Waals surface area contributed by atoms with E-state index in [1.807, 2.05) is 6.07 Å². The number of methoxy groups -OCH3 is 1. The van der Waals surface area contributed by atoms with Crippen LogP contribution in [0.3, 0.4) is 0 Å². The minimum absolute atomic E-state index is 0.00121. The predicted molar refractivity (Wildman–Crippen MR) is 125 cm³/mol. The van der Waals surface area contributed by atoms with Crippen molar-refractivity contribution in [2.24, 2.45) is 5.73 Å². The third-order valence-electron chi connectivity index (χ3n) is 6.71. The lowest BCUT2D eigenvalue weighted by Gasteiger charge is -2.30. The summed E-state index contributed by atoms with van der Waals surface area (Å²) in [7, 11) is 1.54. The maximum Gasteiger partial charge on any atom is 0.253 e. The van der Waals surface area contributed by atoms with Crippen LogP contribution in [-0.4, -0.2) is 56.1 Å². The number of nitrogens with zero attached hydrogens (tertiary/aromatic N) is 4. The van der Waals surface area contributed by atoms with E-state index >= 15 is 0 Å². The van der Waals surface area contributed by atoms with Gasteiger partial charge in [-0.2, -0.15) is 5.10 Å². The summed E-state index contributed by atoms with van der Waals surface area (Å²) in [6.07, 6.45) is 7.58. The van der Waals surface area contributed by atoms with Crippen molar-refractivity contribution in [3.05, 3.63) is 36.3 Å². The van der Waals surface area contributed by atoms with E-state index in [0.29, 0.717) is 22.7 Å². The molecular formula is C23H28N8O3. The monoisotopic (exact) mass is 464 g/mol. The van der Waals surface area contributed by atoms with E-state index in [0.717, 1.165) is 44.1 Å². The van der Waals surface area contributed by atoms with Gasteiger partial charge < -0.3 is 26.8 Å². The van der Waals surface area contributed by atoms with Crippen LogP contribution in [0.1, 0.15) is 48.9 Å². The van der Waals surface area contributed by atoms with Crippen molar-refractivity contribution in [1.29, 1.82) is 0 Å². The minimum Gasteiger partial charge on any atom is -0.481 e. The van der Waals surface area contributed by atoms with Gasteiger partial charge in [0.2, 0.25) is 11.8 Å². The number of ether oxygens (including phenoxy) is 1. The zero-order valence-electron chi connectivity index (χ0n) is 19.0. The first kappa shape index (κ1) is 22.1. The molecule has 3 aromatic heterocycles. The zero-order chi connectivity index (χ0) is 23.9. The van der Waals surface area contributed by atoms with E-state index in [1.165, 1.54) is 6.33 Å². The molecule has 0 saturated heterocycles. The molecule has 5 rings (SSSR count). The first-order valence-electron chi connectivity index (χ1n) is 11.4. The van der Waals surface area contributed by atoms with Crippen LogP contribution in [-0.2, 0) is 4.79 Å². The first-order valence-corrected chi connectivity index (χ1v) is 11.4. The number of nitrogens with two attached hydrogens (primary N) is 2. The lowest BCUT2D eigenvalue weighted by molar-refractivity contribution is -0.124. The van der Waals surface area contributed by atoms with Gasteiger partial charge >= 0.3 is 0 Å². The SMILES string of the molecule is COc1cc(-c2cc(C(=O)NC3CCC(NC(=O)C4(N)CC4)CC3)c3c(N)ncnn23)ccn1. The number of carbonyl (C=O) groups is 2. The molecule has 2 aliphatic carbocycles. The molecule has 0 radical (unpaired) electrons. The van der Waals surface area contributed by atoms with Crippen molar-refractivity contribution < 1.29 is 14.3 Å². The lowest BCUT2D eigenvalue weighted by Crippen LogP contribution is -2.49. The van der Waals surface area contributed by atoms with Gasteiger partial charge in [0, 0.05) is 29.9 Å². The van der Waals surface area contributed by atoms with Crippen LogP contribution in [0.25, 0.3) is 16.8 Å². The van der Waals surface area contributed by atoms with Crippen molar-refractivity contribution in [3.8, 4) is 17.1 Å². The number of pyridine rings is 1. The highest BCUT2D eigenvalue weighted by Gasteiger charge is 2.46. The van der Waals surface area contributed by atoms with E-state index in [4.69, 9.17) is 16.2 Å². The Balaban J connectivity index is 1.32. The molecule has 2 fully saturated rings. The van der Waals surface area contributed by atoms with Gasteiger partial charge in [-0.25, -0.2) is 14.5 Å². The second-order valence-electron chi connectivity index (χ2n) is 9.09. The molecule has 34 heavy (non-hydrogen) atoms. The molecule has 0 unspecified atom stereocenters. The van der Waals surface area contributed by atoms with E-state index < -0.39 is 5.54 Å². The highest BCUT2D eigenvalue weighted by Crippen LogP contribution is 2.33. The predicted octanol–water partition coefficient (Wildman–Crippen LogP) is 1.03. The fraction of sp³-hybridized carbons (Fsp3) is 0.435. The summed E-state index contributed by atoms with van der Waals surface area (Å²) in [6, 6.07) is 5.43. The largest absolute Gasteiger partial charge is 0.481 e. The molecule has 3 heterocycles. The molecule has 3 aromatic rings. The number of aromatic nitrogens is 4. The highest BCUT2D eigenvalue weighted by atomic mass is 16.5. The molecule has 2 aliphatic rings. The van der Waals surface area contributed by atoms with Gasteiger partial charge in [0.25, 0.3) is 5.91 Å². The third-order valence-corrected chi connectivity index (χ3v) is 6.71. The Morgan fingerprint density at radius 1 is 1.12 bits per heavy atom. The summed E-state index contributed by atoms with van der Waals surface area (Å²) < 4.78 is 6.84. The molecular weight excluding hydrogens is 436 g/mol. The molecule has 0 bridgehead atoms. The number of hydrogen-bond donors (Lipinski definition) is 4. The van der Waals surface area contributed by atoms with Gasteiger partial charge in [-0.3, -0.25) is 9.59 Å². The summed E-state index contributed by atoms with van der Waals surface area (Å²) in [5.74, 6) is 0.370. The van der Waals surface area contributed by atoms with Crippen molar-refractivity contribution in [2.45, 2.75) is 56.1 Å². The average Bonchev–Trinajstić information content (AvgIpc) is 3.47. The Morgan fingerprint density at radius 2 is 1.82 bits per heavy atom. The van der Waals surface area contributed by atoms with Crippen LogP contribution in [0, 0.1) is 0 Å². The van der Waals surface area contributed by atoms with Crippen LogP contribution in [0.4, 0.5) is 5.82 Å². The number of amides is 2. The smallest absolute Gasteiger partial charge is 0.253 e.